The normalized spacial score (nSPS) is 11.1. The van der Waals surface area contributed by atoms with Gasteiger partial charge in [0.05, 0.1) is 0 Å². The van der Waals surface area contributed by atoms with E-state index in [2.05, 4.69) is 32.2 Å². The molecule has 1 aromatic carbocycles. The second kappa shape index (κ2) is 7.25. The number of ether oxygens (including phenoxy) is 1. The van der Waals surface area contributed by atoms with Crippen LogP contribution in [0.25, 0.3) is 0 Å². The average molecular weight is 291 g/mol. The van der Waals surface area contributed by atoms with Crippen LogP contribution in [0.15, 0.2) is 18.2 Å². The molecule has 0 saturated heterocycles. The molecule has 0 aliphatic heterocycles. The number of esters is 1. The molecule has 0 aromatic heterocycles. The highest BCUT2D eigenvalue weighted by atomic mass is 16.5. The SMILES string of the molecule is CC(=O)NCCCC(=O)Oc1ccc(C(C)(C)C)cc1C. The summed E-state index contributed by atoms with van der Waals surface area (Å²) in [4.78, 5) is 22.5. The molecule has 0 saturated carbocycles. The number of amides is 1. The third-order valence-corrected chi connectivity index (χ3v) is 3.20. The summed E-state index contributed by atoms with van der Waals surface area (Å²) in [5, 5.41) is 2.65. The molecule has 21 heavy (non-hydrogen) atoms. The molecule has 0 bridgehead atoms. The van der Waals surface area contributed by atoms with Gasteiger partial charge in [-0.2, -0.15) is 0 Å². The summed E-state index contributed by atoms with van der Waals surface area (Å²) in [5.41, 5.74) is 2.24. The second-order valence-corrected chi connectivity index (χ2v) is 6.29. The Morgan fingerprint density at radius 3 is 2.43 bits per heavy atom. The van der Waals surface area contributed by atoms with Crippen molar-refractivity contribution >= 4 is 11.9 Å². The Balaban J connectivity index is 2.55. The number of hydrogen-bond acceptors (Lipinski definition) is 3. The predicted octanol–water partition coefficient (Wildman–Crippen LogP) is 3.11. The maximum atomic E-state index is 11.8. The minimum atomic E-state index is -0.271. The van der Waals surface area contributed by atoms with Gasteiger partial charge in [-0.15, -0.1) is 0 Å². The summed E-state index contributed by atoms with van der Waals surface area (Å²) in [7, 11) is 0. The van der Waals surface area contributed by atoms with Crippen molar-refractivity contribution in [3.05, 3.63) is 29.3 Å². The molecule has 116 valence electrons. The van der Waals surface area contributed by atoms with Crippen LogP contribution >= 0.6 is 0 Å². The fraction of sp³-hybridized carbons (Fsp3) is 0.529. The topological polar surface area (TPSA) is 55.4 Å². The fourth-order valence-electron chi connectivity index (χ4n) is 1.90. The predicted molar refractivity (Wildman–Crippen MR) is 83.4 cm³/mol. The van der Waals surface area contributed by atoms with Crippen molar-refractivity contribution in [1.82, 2.24) is 5.32 Å². The molecule has 0 aliphatic rings. The van der Waals surface area contributed by atoms with E-state index in [-0.39, 0.29) is 17.3 Å². The van der Waals surface area contributed by atoms with Gasteiger partial charge in [0, 0.05) is 19.9 Å². The minimum absolute atomic E-state index is 0.0751. The molecular formula is C17H25NO3. The summed E-state index contributed by atoms with van der Waals surface area (Å²) in [6.07, 6.45) is 0.873. The maximum absolute atomic E-state index is 11.8. The number of nitrogens with one attached hydrogen (secondary N) is 1. The van der Waals surface area contributed by atoms with Gasteiger partial charge in [0.2, 0.25) is 5.91 Å². The van der Waals surface area contributed by atoms with E-state index in [1.165, 1.54) is 12.5 Å². The molecule has 0 heterocycles. The zero-order valence-electron chi connectivity index (χ0n) is 13.6. The third-order valence-electron chi connectivity index (χ3n) is 3.20. The van der Waals surface area contributed by atoms with E-state index < -0.39 is 0 Å². The standard InChI is InChI=1S/C17H25NO3/c1-12-11-14(17(3,4)5)8-9-15(12)21-16(20)7-6-10-18-13(2)19/h8-9,11H,6-7,10H2,1-5H3,(H,18,19). The van der Waals surface area contributed by atoms with Gasteiger partial charge in [-0.3, -0.25) is 9.59 Å². The lowest BCUT2D eigenvalue weighted by Crippen LogP contribution is -2.22. The summed E-state index contributed by atoms with van der Waals surface area (Å²) in [6.45, 7) is 10.3. The molecule has 0 spiro atoms. The molecule has 0 atom stereocenters. The van der Waals surface area contributed by atoms with Gasteiger partial charge < -0.3 is 10.1 Å². The molecule has 0 unspecified atom stereocenters. The maximum Gasteiger partial charge on any atom is 0.311 e. The first-order chi connectivity index (χ1) is 9.70. The van der Waals surface area contributed by atoms with E-state index >= 15 is 0 Å². The van der Waals surface area contributed by atoms with Crippen LogP contribution in [0.1, 0.15) is 51.7 Å². The lowest BCUT2D eigenvalue weighted by atomic mass is 9.86. The van der Waals surface area contributed by atoms with Gasteiger partial charge in [-0.25, -0.2) is 0 Å². The van der Waals surface area contributed by atoms with Crippen LogP contribution in [-0.2, 0) is 15.0 Å². The fourth-order valence-corrected chi connectivity index (χ4v) is 1.90. The lowest BCUT2D eigenvalue weighted by molar-refractivity contribution is -0.134. The first-order valence-corrected chi connectivity index (χ1v) is 7.26. The number of carbonyl (C=O) groups is 2. The van der Waals surface area contributed by atoms with E-state index in [1.807, 2.05) is 19.1 Å². The molecule has 1 amide bonds. The van der Waals surface area contributed by atoms with Crippen LogP contribution in [0.2, 0.25) is 0 Å². The van der Waals surface area contributed by atoms with Gasteiger partial charge in [0.1, 0.15) is 5.75 Å². The van der Waals surface area contributed by atoms with Gasteiger partial charge in [-0.1, -0.05) is 32.9 Å². The number of carbonyl (C=O) groups excluding carboxylic acids is 2. The Morgan fingerprint density at radius 2 is 1.90 bits per heavy atom. The largest absolute Gasteiger partial charge is 0.426 e. The first-order valence-electron chi connectivity index (χ1n) is 7.26. The van der Waals surface area contributed by atoms with Crippen molar-refractivity contribution in [2.24, 2.45) is 0 Å². The van der Waals surface area contributed by atoms with Crippen LogP contribution in [0.5, 0.6) is 5.75 Å². The van der Waals surface area contributed by atoms with Crippen molar-refractivity contribution in [1.29, 1.82) is 0 Å². The van der Waals surface area contributed by atoms with Crippen LogP contribution in [0.4, 0.5) is 0 Å². The number of hydrogen-bond donors (Lipinski definition) is 1. The molecule has 1 N–H and O–H groups in total. The van der Waals surface area contributed by atoms with E-state index in [9.17, 15) is 9.59 Å². The van der Waals surface area contributed by atoms with Crippen molar-refractivity contribution in [3.8, 4) is 5.75 Å². The molecule has 1 rings (SSSR count). The van der Waals surface area contributed by atoms with E-state index in [1.54, 1.807) is 0 Å². The third kappa shape index (κ3) is 5.98. The van der Waals surface area contributed by atoms with Crippen molar-refractivity contribution in [2.45, 2.75) is 52.9 Å². The highest BCUT2D eigenvalue weighted by molar-refractivity contribution is 5.74. The van der Waals surface area contributed by atoms with E-state index in [4.69, 9.17) is 4.74 Å². The molecule has 0 fully saturated rings. The number of rotatable bonds is 5. The molecule has 0 radical (unpaired) electrons. The second-order valence-electron chi connectivity index (χ2n) is 6.29. The Labute approximate surface area is 126 Å². The smallest absolute Gasteiger partial charge is 0.311 e. The van der Waals surface area contributed by atoms with E-state index in [0.717, 1.165) is 5.56 Å². The Kier molecular flexibility index (Phi) is 5.94. The quantitative estimate of drug-likeness (QED) is 0.515. The van der Waals surface area contributed by atoms with Crippen LogP contribution < -0.4 is 10.1 Å². The summed E-state index contributed by atoms with van der Waals surface area (Å²) in [5.74, 6) is 0.247. The summed E-state index contributed by atoms with van der Waals surface area (Å²) < 4.78 is 5.37. The zero-order chi connectivity index (χ0) is 16.0. The molecule has 1 aromatic rings. The average Bonchev–Trinajstić information content (AvgIpc) is 2.35. The molecule has 0 aliphatic carbocycles. The highest BCUT2D eigenvalue weighted by Crippen LogP contribution is 2.27. The Morgan fingerprint density at radius 1 is 1.24 bits per heavy atom. The van der Waals surface area contributed by atoms with Gasteiger partial charge in [0.25, 0.3) is 0 Å². The van der Waals surface area contributed by atoms with Crippen molar-refractivity contribution in [2.75, 3.05) is 6.54 Å². The zero-order valence-corrected chi connectivity index (χ0v) is 13.6. The Bertz CT molecular complexity index is 515. The van der Waals surface area contributed by atoms with Crippen LogP contribution in [0.3, 0.4) is 0 Å². The summed E-state index contributed by atoms with van der Waals surface area (Å²) >= 11 is 0. The first kappa shape index (κ1) is 17.2. The number of aryl methyl sites for hydroxylation is 1. The molecular weight excluding hydrogens is 266 g/mol. The van der Waals surface area contributed by atoms with Crippen LogP contribution in [-0.4, -0.2) is 18.4 Å². The van der Waals surface area contributed by atoms with Crippen molar-refractivity contribution < 1.29 is 14.3 Å². The lowest BCUT2D eigenvalue weighted by Gasteiger charge is -2.20. The van der Waals surface area contributed by atoms with Gasteiger partial charge in [0.15, 0.2) is 0 Å². The van der Waals surface area contributed by atoms with Gasteiger partial charge >= 0.3 is 5.97 Å². The van der Waals surface area contributed by atoms with Crippen molar-refractivity contribution in [3.63, 3.8) is 0 Å². The van der Waals surface area contributed by atoms with Gasteiger partial charge in [-0.05, 0) is 36.0 Å². The molecule has 4 nitrogen and oxygen atoms in total. The molecule has 4 heteroatoms. The van der Waals surface area contributed by atoms with Crippen LogP contribution in [0, 0.1) is 6.92 Å². The monoisotopic (exact) mass is 291 g/mol. The Hall–Kier alpha value is -1.84. The minimum Gasteiger partial charge on any atom is -0.426 e. The number of benzene rings is 1. The highest BCUT2D eigenvalue weighted by Gasteiger charge is 2.15. The summed E-state index contributed by atoms with van der Waals surface area (Å²) in [6, 6.07) is 5.90. The van der Waals surface area contributed by atoms with E-state index in [0.29, 0.717) is 25.1 Å².